The highest BCUT2D eigenvalue weighted by molar-refractivity contribution is 14.0. The maximum absolute atomic E-state index is 12.0. The summed E-state index contributed by atoms with van der Waals surface area (Å²) in [5.41, 5.74) is 0.750. The normalized spacial score (nSPS) is 16.1. The quantitative estimate of drug-likeness (QED) is 0.159. The number of carbonyl (C=O) groups excluding carboxylic acids is 1. The van der Waals surface area contributed by atoms with Crippen LogP contribution in [0.5, 0.6) is 0 Å². The van der Waals surface area contributed by atoms with Crippen molar-refractivity contribution in [1.29, 1.82) is 0 Å². The van der Waals surface area contributed by atoms with E-state index in [1.165, 1.54) is 0 Å². The summed E-state index contributed by atoms with van der Waals surface area (Å²) in [6.45, 7) is 6.44. The van der Waals surface area contributed by atoms with E-state index in [0.29, 0.717) is 37.6 Å². The lowest BCUT2D eigenvalue weighted by molar-refractivity contribution is -0.116. The predicted octanol–water partition coefficient (Wildman–Crippen LogP) is 3.82. The second-order valence-electron chi connectivity index (χ2n) is 6.91. The van der Waals surface area contributed by atoms with Crippen LogP contribution < -0.4 is 16.0 Å². The van der Waals surface area contributed by atoms with E-state index < -0.39 is 0 Å². The second-order valence-corrected chi connectivity index (χ2v) is 7.35. The molecule has 7 nitrogen and oxygen atoms in total. The van der Waals surface area contributed by atoms with Crippen LogP contribution in [0.3, 0.4) is 0 Å². The zero-order chi connectivity index (χ0) is 20.7. The van der Waals surface area contributed by atoms with Gasteiger partial charge in [-0.1, -0.05) is 11.6 Å². The van der Waals surface area contributed by atoms with Crippen molar-refractivity contribution in [2.75, 3.05) is 44.8 Å². The minimum absolute atomic E-state index is 0. The first-order chi connectivity index (χ1) is 14.2. The van der Waals surface area contributed by atoms with E-state index in [1.807, 2.05) is 6.92 Å². The van der Waals surface area contributed by atoms with Crippen LogP contribution in [0.4, 0.5) is 5.69 Å². The molecule has 0 saturated carbocycles. The summed E-state index contributed by atoms with van der Waals surface area (Å²) >= 11 is 5.84. The lowest BCUT2D eigenvalue weighted by atomic mass is 10.2. The Morgan fingerprint density at radius 3 is 2.77 bits per heavy atom. The van der Waals surface area contributed by atoms with Gasteiger partial charge in [0.05, 0.1) is 12.7 Å². The number of ether oxygens (including phenoxy) is 2. The molecule has 2 rings (SSSR count). The van der Waals surface area contributed by atoms with Gasteiger partial charge < -0.3 is 25.4 Å². The Kier molecular flexibility index (Phi) is 14.9. The largest absolute Gasteiger partial charge is 0.379 e. The summed E-state index contributed by atoms with van der Waals surface area (Å²) in [4.78, 5) is 16.5. The van der Waals surface area contributed by atoms with Crippen LogP contribution in [-0.4, -0.2) is 57.4 Å². The molecular weight excluding hydrogens is 519 g/mol. The molecule has 170 valence electrons. The predicted molar refractivity (Wildman–Crippen MR) is 133 cm³/mol. The van der Waals surface area contributed by atoms with Crippen LogP contribution in [0.15, 0.2) is 29.3 Å². The van der Waals surface area contributed by atoms with E-state index in [1.54, 1.807) is 24.3 Å². The standard InChI is InChI=1S/C21H33ClN4O3.HI/c1-2-23-21(25-13-5-14-28-16-19-6-4-15-29-19)24-12-3-7-20(27)26-18-10-8-17(22)9-11-18;/h8-11,19H,2-7,12-16H2,1H3,(H,26,27)(H2,23,24,25);1H. The molecule has 1 fully saturated rings. The van der Waals surface area contributed by atoms with E-state index in [2.05, 4.69) is 20.9 Å². The fourth-order valence-electron chi connectivity index (χ4n) is 2.90. The van der Waals surface area contributed by atoms with Crippen molar-refractivity contribution in [3.63, 3.8) is 0 Å². The molecule has 0 bridgehead atoms. The third-order valence-electron chi connectivity index (χ3n) is 4.39. The van der Waals surface area contributed by atoms with Crippen molar-refractivity contribution >= 4 is 53.1 Å². The van der Waals surface area contributed by atoms with Crippen molar-refractivity contribution < 1.29 is 14.3 Å². The monoisotopic (exact) mass is 552 g/mol. The average Bonchev–Trinajstić information content (AvgIpc) is 3.23. The maximum Gasteiger partial charge on any atom is 0.224 e. The topological polar surface area (TPSA) is 84.0 Å². The first-order valence-electron chi connectivity index (χ1n) is 10.4. The van der Waals surface area contributed by atoms with Gasteiger partial charge in [-0.25, -0.2) is 0 Å². The minimum atomic E-state index is -0.0242. The smallest absolute Gasteiger partial charge is 0.224 e. The fourth-order valence-corrected chi connectivity index (χ4v) is 3.03. The Bertz CT molecular complexity index is 625. The highest BCUT2D eigenvalue weighted by atomic mass is 127. The Morgan fingerprint density at radius 2 is 2.07 bits per heavy atom. The highest BCUT2D eigenvalue weighted by Crippen LogP contribution is 2.14. The Hall–Kier alpha value is -1.10. The number of rotatable bonds is 12. The number of hydrogen-bond donors (Lipinski definition) is 3. The number of guanidine groups is 1. The lowest BCUT2D eigenvalue weighted by Crippen LogP contribution is -2.38. The summed E-state index contributed by atoms with van der Waals surface area (Å²) in [5, 5.41) is 10.0. The van der Waals surface area contributed by atoms with Gasteiger partial charge in [0, 0.05) is 50.0 Å². The van der Waals surface area contributed by atoms with Gasteiger partial charge in [0.15, 0.2) is 5.96 Å². The fraction of sp³-hybridized carbons (Fsp3) is 0.619. The molecule has 30 heavy (non-hydrogen) atoms. The summed E-state index contributed by atoms with van der Waals surface area (Å²) in [6, 6.07) is 7.08. The van der Waals surface area contributed by atoms with Gasteiger partial charge >= 0.3 is 0 Å². The zero-order valence-corrected chi connectivity index (χ0v) is 20.7. The summed E-state index contributed by atoms with van der Waals surface area (Å²) < 4.78 is 11.2. The van der Waals surface area contributed by atoms with E-state index in [9.17, 15) is 4.79 Å². The zero-order valence-electron chi connectivity index (χ0n) is 17.6. The number of amides is 1. The number of aliphatic imine (C=N–C) groups is 1. The summed E-state index contributed by atoms with van der Waals surface area (Å²) in [6.07, 6.45) is 4.52. The Balaban J connectivity index is 0.00000450. The van der Waals surface area contributed by atoms with Gasteiger partial charge in [0.1, 0.15) is 0 Å². The van der Waals surface area contributed by atoms with Crippen LogP contribution in [-0.2, 0) is 14.3 Å². The third-order valence-corrected chi connectivity index (χ3v) is 4.64. The molecule has 9 heteroatoms. The van der Waals surface area contributed by atoms with Gasteiger partial charge in [0.2, 0.25) is 5.91 Å². The molecule has 0 radical (unpaired) electrons. The Morgan fingerprint density at radius 1 is 1.27 bits per heavy atom. The lowest BCUT2D eigenvalue weighted by Gasteiger charge is -2.12. The van der Waals surface area contributed by atoms with Crippen LogP contribution in [0.2, 0.25) is 5.02 Å². The van der Waals surface area contributed by atoms with Crippen LogP contribution in [0.1, 0.15) is 39.0 Å². The molecule has 0 spiro atoms. The highest BCUT2D eigenvalue weighted by Gasteiger charge is 2.14. The van der Waals surface area contributed by atoms with Crippen LogP contribution >= 0.6 is 35.6 Å². The summed E-state index contributed by atoms with van der Waals surface area (Å²) in [5.74, 6) is 0.744. The van der Waals surface area contributed by atoms with Crippen LogP contribution in [0, 0.1) is 0 Å². The molecule has 1 amide bonds. The van der Waals surface area contributed by atoms with Crippen molar-refractivity contribution in [3.8, 4) is 0 Å². The van der Waals surface area contributed by atoms with Crippen LogP contribution in [0.25, 0.3) is 0 Å². The number of nitrogens with one attached hydrogen (secondary N) is 3. The van der Waals surface area contributed by atoms with Gasteiger partial charge in [0.25, 0.3) is 0 Å². The molecule has 1 heterocycles. The van der Waals surface area contributed by atoms with Crippen molar-refractivity contribution in [3.05, 3.63) is 29.3 Å². The SMILES string of the molecule is CCNC(=NCCCC(=O)Nc1ccc(Cl)cc1)NCCCOCC1CCCO1.I. The average molecular weight is 553 g/mol. The first-order valence-corrected chi connectivity index (χ1v) is 10.8. The molecule has 1 saturated heterocycles. The molecule has 1 atom stereocenters. The maximum atomic E-state index is 12.0. The van der Waals surface area contributed by atoms with Crippen molar-refractivity contribution in [2.24, 2.45) is 4.99 Å². The van der Waals surface area contributed by atoms with Gasteiger partial charge in [-0.15, -0.1) is 24.0 Å². The number of anilines is 1. The Labute approximate surface area is 201 Å². The van der Waals surface area contributed by atoms with E-state index in [-0.39, 0.29) is 36.0 Å². The number of halogens is 2. The number of hydrogen-bond acceptors (Lipinski definition) is 4. The van der Waals surface area contributed by atoms with Crippen molar-refractivity contribution in [2.45, 2.75) is 45.1 Å². The summed E-state index contributed by atoms with van der Waals surface area (Å²) in [7, 11) is 0. The number of nitrogens with zero attached hydrogens (tertiary/aromatic N) is 1. The molecule has 3 N–H and O–H groups in total. The molecular formula is C21H34ClIN4O3. The molecule has 1 unspecified atom stereocenters. The van der Waals surface area contributed by atoms with E-state index in [0.717, 1.165) is 50.6 Å². The molecule has 0 aromatic heterocycles. The second kappa shape index (κ2) is 16.6. The number of carbonyl (C=O) groups is 1. The van der Waals surface area contributed by atoms with Gasteiger partial charge in [-0.3, -0.25) is 9.79 Å². The van der Waals surface area contributed by atoms with E-state index >= 15 is 0 Å². The van der Waals surface area contributed by atoms with E-state index in [4.69, 9.17) is 21.1 Å². The minimum Gasteiger partial charge on any atom is -0.379 e. The molecule has 1 aliphatic heterocycles. The van der Waals surface area contributed by atoms with Gasteiger partial charge in [-0.05, 0) is 56.9 Å². The molecule has 0 aliphatic carbocycles. The molecule has 1 aromatic carbocycles. The first kappa shape index (κ1) is 26.9. The third kappa shape index (κ3) is 11.9. The van der Waals surface area contributed by atoms with Gasteiger partial charge in [-0.2, -0.15) is 0 Å². The van der Waals surface area contributed by atoms with Crippen molar-refractivity contribution in [1.82, 2.24) is 10.6 Å². The number of benzene rings is 1. The molecule has 1 aromatic rings. The molecule has 1 aliphatic rings.